The first-order valence-corrected chi connectivity index (χ1v) is 3.56. The van der Waals surface area contributed by atoms with E-state index in [-0.39, 0.29) is 29.6 Å². The van der Waals surface area contributed by atoms with Gasteiger partial charge in [-0.3, -0.25) is 26.1 Å². The Bertz CT molecular complexity index is 162. The van der Waals surface area contributed by atoms with Crippen LogP contribution in [0.5, 0.6) is 0 Å². The third-order valence-corrected chi connectivity index (χ3v) is 0. The van der Waals surface area contributed by atoms with Gasteiger partial charge < -0.3 is 20.4 Å². The molecule has 0 aliphatic carbocycles. The minimum Gasteiger partial charge on any atom is -0.503 e. The molecular weight excluding hydrogens is 247 g/mol. The molecule has 0 saturated heterocycles. The first kappa shape index (κ1) is 29.7. The zero-order chi connectivity index (χ0) is 14.3. The van der Waals surface area contributed by atoms with Crippen LogP contribution < -0.4 is 29.6 Å². The van der Waals surface area contributed by atoms with Crippen LogP contribution in [0.15, 0.2) is 0 Å². The van der Waals surface area contributed by atoms with Gasteiger partial charge in [-0.05, 0) is 0 Å². The summed E-state index contributed by atoms with van der Waals surface area (Å²) in [6, 6.07) is 0. The Labute approximate surface area is 121 Å². The molecule has 0 rings (SSSR count). The van der Waals surface area contributed by atoms with Crippen molar-refractivity contribution < 1.29 is 69.2 Å². The molecule has 0 fully saturated rings. The number of hydrogen-bond acceptors (Lipinski definition) is 4. The molecular formula is C8H15NaO8. The molecule has 96 valence electrons. The summed E-state index contributed by atoms with van der Waals surface area (Å²) < 4.78 is 0. The van der Waals surface area contributed by atoms with Gasteiger partial charge in [0.1, 0.15) is 0 Å². The zero-order valence-electron chi connectivity index (χ0n) is 10.1. The van der Waals surface area contributed by atoms with Crippen molar-refractivity contribution in [2.45, 2.75) is 20.8 Å². The van der Waals surface area contributed by atoms with E-state index in [0.717, 1.165) is 20.8 Å². The fourth-order valence-corrected chi connectivity index (χ4v) is 0. The van der Waals surface area contributed by atoms with Gasteiger partial charge in [0.05, 0.1) is 0 Å². The molecule has 0 bridgehead atoms. The Morgan fingerprint density at radius 3 is 0.706 bits per heavy atom. The molecule has 0 aliphatic heterocycles. The van der Waals surface area contributed by atoms with E-state index in [1.54, 1.807) is 0 Å². The Kier molecular flexibility index (Phi) is 42.1. The molecule has 8 nitrogen and oxygen atoms in total. The van der Waals surface area contributed by atoms with E-state index in [1.165, 1.54) is 0 Å². The summed E-state index contributed by atoms with van der Waals surface area (Å²) in [7, 11) is 0. The molecule has 0 saturated carbocycles. The quantitative estimate of drug-likeness (QED) is 0.270. The predicted molar refractivity (Wildman–Crippen MR) is 52.9 cm³/mol. The van der Waals surface area contributed by atoms with Crippen LogP contribution in [-0.2, 0) is 19.2 Å². The maximum absolute atomic E-state index is 9.00. The predicted octanol–water partition coefficient (Wildman–Crippen LogP) is -2.82. The van der Waals surface area contributed by atoms with E-state index in [4.69, 9.17) is 39.6 Å². The minimum absolute atomic E-state index is 0. The zero-order valence-corrected chi connectivity index (χ0v) is 12.1. The normalized spacial score (nSPS) is 5.82. The Balaban J connectivity index is -0.0000000369. The molecule has 9 heteroatoms. The standard InChI is InChI=1S/3C2H4O2.C2H3O2.Na/c4*1-2(3)4;/h3*1H3,(H,3,4);1H2,(H,3,4);/q;;;-1;+1. The van der Waals surface area contributed by atoms with Crippen molar-refractivity contribution in [3.05, 3.63) is 6.92 Å². The maximum atomic E-state index is 9.00. The first-order chi connectivity index (χ1) is 6.93. The molecule has 17 heavy (non-hydrogen) atoms. The number of aliphatic carboxylic acids is 4. The van der Waals surface area contributed by atoms with Crippen LogP contribution >= 0.6 is 0 Å². The van der Waals surface area contributed by atoms with Gasteiger partial charge in [-0.1, -0.05) is 0 Å². The summed E-state index contributed by atoms with van der Waals surface area (Å²) in [5.41, 5.74) is 0. The van der Waals surface area contributed by atoms with Crippen molar-refractivity contribution in [3.63, 3.8) is 0 Å². The van der Waals surface area contributed by atoms with E-state index in [2.05, 4.69) is 6.92 Å². The largest absolute Gasteiger partial charge is 1.00 e. The summed E-state index contributed by atoms with van der Waals surface area (Å²) in [6.45, 7) is 5.81. The van der Waals surface area contributed by atoms with Crippen molar-refractivity contribution in [1.29, 1.82) is 0 Å². The van der Waals surface area contributed by atoms with Gasteiger partial charge in [-0.25, -0.2) is 0 Å². The van der Waals surface area contributed by atoms with Crippen LogP contribution in [0.3, 0.4) is 0 Å². The molecule has 0 aromatic carbocycles. The van der Waals surface area contributed by atoms with Crippen LogP contribution in [0.25, 0.3) is 0 Å². The smallest absolute Gasteiger partial charge is 0.503 e. The van der Waals surface area contributed by atoms with Gasteiger partial charge in [0.15, 0.2) is 5.97 Å². The van der Waals surface area contributed by atoms with Crippen molar-refractivity contribution in [3.8, 4) is 0 Å². The van der Waals surface area contributed by atoms with E-state index in [0.29, 0.717) is 0 Å². The van der Waals surface area contributed by atoms with E-state index < -0.39 is 23.9 Å². The average Bonchev–Trinajstić information content (AvgIpc) is 1.76. The molecule has 0 amide bonds. The summed E-state index contributed by atoms with van der Waals surface area (Å²) in [5, 5.41) is 29.6. The van der Waals surface area contributed by atoms with Crippen molar-refractivity contribution in [1.82, 2.24) is 0 Å². The summed E-state index contributed by atoms with van der Waals surface area (Å²) >= 11 is 0. The molecule has 4 N–H and O–H groups in total. The fourth-order valence-electron chi connectivity index (χ4n) is 0. The molecule has 0 aliphatic rings. The average molecular weight is 262 g/mol. The summed E-state index contributed by atoms with van der Waals surface area (Å²) in [6.07, 6.45) is 0. The minimum atomic E-state index is -1.08. The summed E-state index contributed by atoms with van der Waals surface area (Å²) in [4.78, 5) is 35.9. The van der Waals surface area contributed by atoms with E-state index >= 15 is 0 Å². The van der Waals surface area contributed by atoms with Crippen LogP contribution in [0.4, 0.5) is 0 Å². The van der Waals surface area contributed by atoms with Crippen LogP contribution in [0.1, 0.15) is 20.8 Å². The van der Waals surface area contributed by atoms with Crippen molar-refractivity contribution in [2.24, 2.45) is 0 Å². The Morgan fingerprint density at radius 2 is 0.706 bits per heavy atom. The number of carboxylic acid groups (broad SMARTS) is 4. The second-order valence-corrected chi connectivity index (χ2v) is 1.95. The number of hydrogen-bond donors (Lipinski definition) is 4. The topological polar surface area (TPSA) is 149 Å². The van der Waals surface area contributed by atoms with Gasteiger partial charge >= 0.3 is 29.6 Å². The molecule has 0 heterocycles. The van der Waals surface area contributed by atoms with Gasteiger partial charge in [0, 0.05) is 20.8 Å². The molecule has 0 radical (unpaired) electrons. The van der Waals surface area contributed by atoms with E-state index in [9.17, 15) is 0 Å². The van der Waals surface area contributed by atoms with Gasteiger partial charge in [-0.2, -0.15) is 0 Å². The molecule has 0 atom stereocenters. The van der Waals surface area contributed by atoms with Gasteiger partial charge in [0.25, 0.3) is 17.9 Å². The third-order valence-electron chi connectivity index (χ3n) is 0. The molecule has 0 spiro atoms. The summed E-state index contributed by atoms with van der Waals surface area (Å²) in [5.74, 6) is -3.58. The maximum Gasteiger partial charge on any atom is 1.00 e. The third kappa shape index (κ3) is 1530. The molecule has 0 unspecified atom stereocenters. The second kappa shape index (κ2) is 24.1. The fraction of sp³-hybridized carbons (Fsp3) is 0.375. The second-order valence-electron chi connectivity index (χ2n) is 1.95. The molecule has 0 aromatic rings. The van der Waals surface area contributed by atoms with Crippen molar-refractivity contribution in [2.75, 3.05) is 0 Å². The van der Waals surface area contributed by atoms with Gasteiger partial charge in [-0.15, -0.1) is 0 Å². The van der Waals surface area contributed by atoms with Crippen LogP contribution in [-0.4, -0.2) is 44.3 Å². The Morgan fingerprint density at radius 1 is 0.706 bits per heavy atom. The number of carbonyl (C=O) groups is 4. The van der Waals surface area contributed by atoms with Gasteiger partial charge in [0.2, 0.25) is 0 Å². The monoisotopic (exact) mass is 262 g/mol. The van der Waals surface area contributed by atoms with Crippen LogP contribution in [0, 0.1) is 6.92 Å². The molecule has 0 aromatic heterocycles. The number of carboxylic acids is 4. The van der Waals surface area contributed by atoms with E-state index in [1.807, 2.05) is 0 Å². The van der Waals surface area contributed by atoms with Crippen LogP contribution in [0.2, 0.25) is 0 Å². The SMILES string of the molecule is CC(=O)O.CC(=O)O.CC(=O)O.[CH2-]C(=O)O.[Na+]. The van der Waals surface area contributed by atoms with Crippen molar-refractivity contribution >= 4 is 23.9 Å². The Hall–Kier alpha value is -1.25. The number of rotatable bonds is 0. The first-order valence-electron chi connectivity index (χ1n) is 3.56.